The van der Waals surface area contributed by atoms with E-state index in [4.69, 9.17) is 9.47 Å². The second kappa shape index (κ2) is 7.36. The highest BCUT2D eigenvalue weighted by molar-refractivity contribution is 5.45. The van der Waals surface area contributed by atoms with Gasteiger partial charge in [0.1, 0.15) is 0 Å². The lowest BCUT2D eigenvalue weighted by atomic mass is 9.73. The summed E-state index contributed by atoms with van der Waals surface area (Å²) in [7, 11) is 1.80. The van der Waals surface area contributed by atoms with Gasteiger partial charge in [-0.1, -0.05) is 23.8 Å². The molecule has 0 radical (unpaired) electrons. The SMILES string of the molecule is COCCN1CCC2(CC1)C[C@H](N1CCOCC1)c1cc(C)ccc12. The van der Waals surface area contributed by atoms with Crippen LogP contribution in [-0.2, 0) is 14.9 Å². The second-order valence-electron chi connectivity index (χ2n) is 8.07. The first-order valence-corrected chi connectivity index (χ1v) is 9.86. The highest BCUT2D eigenvalue weighted by Crippen LogP contribution is 2.53. The standard InChI is InChI=1S/C21H32N2O2/c1-17-3-4-19-18(15-17)20(23-10-13-25-14-11-23)16-21(19)5-7-22(8-6-21)9-12-24-2/h3-4,15,20H,5-14,16H2,1-2H3/t20-/m0/s1. The summed E-state index contributed by atoms with van der Waals surface area (Å²) in [5.41, 5.74) is 5.02. The fourth-order valence-electron chi connectivity index (χ4n) is 5.14. The van der Waals surface area contributed by atoms with Gasteiger partial charge in [0.2, 0.25) is 0 Å². The zero-order chi connectivity index (χ0) is 17.3. The summed E-state index contributed by atoms with van der Waals surface area (Å²) in [4.78, 5) is 5.25. The predicted octanol–water partition coefficient (Wildman–Crippen LogP) is 2.75. The summed E-state index contributed by atoms with van der Waals surface area (Å²) in [5, 5.41) is 0. The van der Waals surface area contributed by atoms with Crippen LogP contribution in [0.25, 0.3) is 0 Å². The van der Waals surface area contributed by atoms with E-state index in [9.17, 15) is 0 Å². The van der Waals surface area contributed by atoms with Gasteiger partial charge in [0.05, 0.1) is 19.8 Å². The van der Waals surface area contributed by atoms with E-state index in [2.05, 4.69) is 34.9 Å². The zero-order valence-corrected chi connectivity index (χ0v) is 15.8. The van der Waals surface area contributed by atoms with Gasteiger partial charge in [-0.05, 0) is 55.8 Å². The highest BCUT2D eigenvalue weighted by Gasteiger charge is 2.47. The van der Waals surface area contributed by atoms with Crippen LogP contribution in [0.2, 0.25) is 0 Å². The molecule has 0 saturated carbocycles. The third kappa shape index (κ3) is 3.37. The van der Waals surface area contributed by atoms with Crippen molar-refractivity contribution in [2.24, 2.45) is 0 Å². The molecule has 138 valence electrons. The van der Waals surface area contributed by atoms with E-state index < -0.39 is 0 Å². The Kier molecular flexibility index (Phi) is 5.14. The molecule has 4 heteroatoms. The molecular weight excluding hydrogens is 312 g/mol. The molecule has 4 nitrogen and oxygen atoms in total. The van der Waals surface area contributed by atoms with Crippen LogP contribution in [0.1, 0.15) is 42.0 Å². The van der Waals surface area contributed by atoms with Crippen LogP contribution in [0, 0.1) is 6.92 Å². The fraction of sp³-hybridized carbons (Fsp3) is 0.714. The van der Waals surface area contributed by atoms with Crippen LogP contribution >= 0.6 is 0 Å². The summed E-state index contributed by atoms with van der Waals surface area (Å²) in [6.45, 7) is 10.5. The van der Waals surface area contributed by atoms with Crippen molar-refractivity contribution in [2.75, 3.05) is 59.7 Å². The van der Waals surface area contributed by atoms with Gasteiger partial charge >= 0.3 is 0 Å². The number of hydrogen-bond donors (Lipinski definition) is 0. The molecule has 4 rings (SSSR count). The first kappa shape index (κ1) is 17.5. The number of benzene rings is 1. The topological polar surface area (TPSA) is 24.9 Å². The molecule has 2 aliphatic heterocycles. The monoisotopic (exact) mass is 344 g/mol. The van der Waals surface area contributed by atoms with Crippen molar-refractivity contribution in [3.63, 3.8) is 0 Å². The van der Waals surface area contributed by atoms with E-state index in [0.29, 0.717) is 11.5 Å². The van der Waals surface area contributed by atoms with Crippen molar-refractivity contribution in [2.45, 2.75) is 37.6 Å². The molecule has 0 aromatic heterocycles. The number of morpholine rings is 1. The minimum absolute atomic E-state index is 0.385. The Morgan fingerprint density at radius 3 is 2.64 bits per heavy atom. The van der Waals surface area contributed by atoms with Crippen LogP contribution in [-0.4, -0.2) is 69.5 Å². The summed E-state index contributed by atoms with van der Waals surface area (Å²) in [6, 6.07) is 7.81. The molecule has 1 aromatic carbocycles. The zero-order valence-electron chi connectivity index (χ0n) is 15.8. The van der Waals surface area contributed by atoms with Crippen molar-refractivity contribution >= 4 is 0 Å². The first-order valence-electron chi connectivity index (χ1n) is 9.86. The Bertz CT molecular complexity index is 590. The van der Waals surface area contributed by atoms with Crippen molar-refractivity contribution in [1.29, 1.82) is 0 Å². The molecule has 1 spiro atoms. The molecule has 25 heavy (non-hydrogen) atoms. The van der Waals surface area contributed by atoms with E-state index in [1.54, 1.807) is 18.2 Å². The third-order valence-corrected chi connectivity index (χ3v) is 6.63. The van der Waals surface area contributed by atoms with Crippen LogP contribution in [0.3, 0.4) is 0 Å². The van der Waals surface area contributed by atoms with Gasteiger partial charge in [-0.15, -0.1) is 0 Å². The molecule has 2 fully saturated rings. The van der Waals surface area contributed by atoms with E-state index in [1.807, 2.05) is 0 Å². The lowest BCUT2D eigenvalue weighted by Crippen LogP contribution is -2.44. The van der Waals surface area contributed by atoms with Crippen molar-refractivity contribution < 1.29 is 9.47 Å². The number of methoxy groups -OCH3 is 1. The van der Waals surface area contributed by atoms with Crippen LogP contribution in [0.15, 0.2) is 18.2 Å². The normalized spacial score (nSPS) is 26.9. The van der Waals surface area contributed by atoms with Gasteiger partial charge in [0.15, 0.2) is 0 Å². The Morgan fingerprint density at radius 1 is 1.16 bits per heavy atom. The molecule has 0 amide bonds. The number of ether oxygens (including phenoxy) is 2. The van der Waals surface area contributed by atoms with E-state index in [-0.39, 0.29) is 0 Å². The average molecular weight is 344 g/mol. The molecule has 2 heterocycles. The largest absolute Gasteiger partial charge is 0.383 e. The minimum Gasteiger partial charge on any atom is -0.383 e. The van der Waals surface area contributed by atoms with E-state index in [1.165, 1.54) is 37.9 Å². The predicted molar refractivity (Wildman–Crippen MR) is 100 cm³/mol. The lowest BCUT2D eigenvalue weighted by molar-refractivity contribution is 0.0100. The number of likely N-dealkylation sites (tertiary alicyclic amines) is 1. The smallest absolute Gasteiger partial charge is 0.0594 e. The highest BCUT2D eigenvalue weighted by atomic mass is 16.5. The number of nitrogens with zero attached hydrogens (tertiary/aromatic N) is 2. The third-order valence-electron chi connectivity index (χ3n) is 6.63. The Labute approximate surface area is 152 Å². The molecular formula is C21H32N2O2. The number of fused-ring (bicyclic) bond motifs is 2. The maximum Gasteiger partial charge on any atom is 0.0594 e. The molecule has 1 atom stereocenters. The minimum atomic E-state index is 0.385. The van der Waals surface area contributed by atoms with Crippen LogP contribution in [0.4, 0.5) is 0 Å². The fourth-order valence-corrected chi connectivity index (χ4v) is 5.14. The lowest BCUT2D eigenvalue weighted by Gasteiger charge is -2.41. The summed E-state index contributed by atoms with van der Waals surface area (Å²) in [6.07, 6.45) is 3.87. The molecule has 1 aromatic rings. The van der Waals surface area contributed by atoms with Crippen molar-refractivity contribution in [1.82, 2.24) is 9.80 Å². The Hall–Kier alpha value is -0.940. The van der Waals surface area contributed by atoms with Gasteiger partial charge in [0.25, 0.3) is 0 Å². The van der Waals surface area contributed by atoms with Gasteiger partial charge in [-0.25, -0.2) is 0 Å². The molecule has 3 aliphatic rings. The van der Waals surface area contributed by atoms with Crippen LogP contribution in [0.5, 0.6) is 0 Å². The van der Waals surface area contributed by atoms with E-state index in [0.717, 1.165) is 39.5 Å². The molecule has 0 N–H and O–H groups in total. The molecule has 0 bridgehead atoms. The van der Waals surface area contributed by atoms with Gasteiger partial charge in [-0.2, -0.15) is 0 Å². The summed E-state index contributed by atoms with van der Waals surface area (Å²) < 4.78 is 10.9. The van der Waals surface area contributed by atoms with Crippen LogP contribution < -0.4 is 0 Å². The van der Waals surface area contributed by atoms with Crippen molar-refractivity contribution in [3.8, 4) is 0 Å². The quantitative estimate of drug-likeness (QED) is 0.838. The van der Waals surface area contributed by atoms with Gasteiger partial charge in [-0.3, -0.25) is 4.90 Å². The second-order valence-corrected chi connectivity index (χ2v) is 8.07. The van der Waals surface area contributed by atoms with Gasteiger partial charge < -0.3 is 14.4 Å². The Balaban J connectivity index is 1.56. The number of aryl methyl sites for hydroxylation is 1. The maximum atomic E-state index is 5.60. The molecule has 2 saturated heterocycles. The summed E-state index contributed by atoms with van der Waals surface area (Å²) in [5.74, 6) is 0. The number of piperidine rings is 1. The average Bonchev–Trinajstić information content (AvgIpc) is 2.95. The summed E-state index contributed by atoms with van der Waals surface area (Å²) >= 11 is 0. The Morgan fingerprint density at radius 2 is 1.92 bits per heavy atom. The number of rotatable bonds is 4. The molecule has 0 unspecified atom stereocenters. The number of hydrogen-bond acceptors (Lipinski definition) is 4. The van der Waals surface area contributed by atoms with Crippen molar-refractivity contribution in [3.05, 3.63) is 34.9 Å². The van der Waals surface area contributed by atoms with Gasteiger partial charge in [0, 0.05) is 32.8 Å². The molecule has 1 aliphatic carbocycles. The van der Waals surface area contributed by atoms with E-state index >= 15 is 0 Å². The maximum absolute atomic E-state index is 5.60. The first-order chi connectivity index (χ1) is 12.2.